The summed E-state index contributed by atoms with van der Waals surface area (Å²) in [6, 6.07) is 6.70. The molecule has 1 N–H and O–H groups in total. The first-order valence-electron chi connectivity index (χ1n) is 5.84. The normalized spacial score (nSPS) is 16.3. The molecule has 2 aromatic rings. The predicted molar refractivity (Wildman–Crippen MR) is 74.0 cm³/mol. The number of nitrogens with zero attached hydrogens (tertiary/aromatic N) is 2. The van der Waals surface area contributed by atoms with Gasteiger partial charge in [0.15, 0.2) is 0 Å². The Morgan fingerprint density at radius 3 is 2.74 bits per heavy atom. The number of benzene rings is 1. The van der Waals surface area contributed by atoms with Crippen molar-refractivity contribution in [2.75, 3.05) is 6.54 Å². The summed E-state index contributed by atoms with van der Waals surface area (Å²) >= 11 is 3.30. The highest BCUT2D eigenvalue weighted by Crippen LogP contribution is 2.24. The topological polar surface area (TPSA) is 66.1 Å². The minimum atomic E-state index is -3.43. The van der Waals surface area contributed by atoms with Crippen molar-refractivity contribution in [2.45, 2.75) is 17.9 Å². The van der Waals surface area contributed by atoms with Crippen LogP contribution in [0.2, 0.25) is 0 Å². The molecule has 5 nitrogen and oxygen atoms in total. The van der Waals surface area contributed by atoms with Crippen LogP contribution in [0.25, 0.3) is 0 Å². The number of hydrogen-bond donors (Lipinski definition) is 1. The Morgan fingerprint density at radius 1 is 1.26 bits per heavy atom. The zero-order chi connectivity index (χ0) is 13.5. The van der Waals surface area contributed by atoms with E-state index in [0.717, 1.165) is 15.7 Å². The molecule has 0 saturated heterocycles. The summed E-state index contributed by atoms with van der Waals surface area (Å²) in [4.78, 5) is 0.322. The van der Waals surface area contributed by atoms with Crippen LogP contribution in [0, 0.1) is 0 Å². The number of nitrogens with one attached hydrogen (secondary N) is 1. The second kappa shape index (κ2) is 4.73. The SMILES string of the molecule is O=S(=O)(c1ccc(Br)cc1)N1CCc2[nH]ncc2C1. The molecule has 2 heterocycles. The van der Waals surface area contributed by atoms with Crippen molar-refractivity contribution in [1.82, 2.24) is 14.5 Å². The summed E-state index contributed by atoms with van der Waals surface area (Å²) < 4.78 is 27.4. The lowest BCUT2D eigenvalue weighted by Crippen LogP contribution is -2.35. The fourth-order valence-corrected chi connectivity index (χ4v) is 3.84. The molecular weight excluding hydrogens is 330 g/mol. The second-order valence-corrected chi connectivity index (χ2v) is 7.27. The van der Waals surface area contributed by atoms with Crippen LogP contribution in [0.4, 0.5) is 0 Å². The largest absolute Gasteiger partial charge is 0.282 e. The number of sulfonamides is 1. The smallest absolute Gasteiger partial charge is 0.243 e. The molecule has 0 unspecified atom stereocenters. The highest BCUT2D eigenvalue weighted by atomic mass is 79.9. The van der Waals surface area contributed by atoms with Crippen LogP contribution < -0.4 is 0 Å². The lowest BCUT2D eigenvalue weighted by molar-refractivity contribution is 0.390. The molecule has 3 rings (SSSR count). The number of fused-ring (bicyclic) bond motifs is 1. The number of halogens is 1. The van der Waals surface area contributed by atoms with Crippen LogP contribution in [0.15, 0.2) is 39.8 Å². The maximum Gasteiger partial charge on any atom is 0.243 e. The lowest BCUT2D eigenvalue weighted by Gasteiger charge is -2.25. The molecule has 0 fully saturated rings. The molecule has 0 radical (unpaired) electrons. The number of aromatic amines is 1. The van der Waals surface area contributed by atoms with Crippen molar-refractivity contribution in [2.24, 2.45) is 0 Å². The minimum Gasteiger partial charge on any atom is -0.282 e. The summed E-state index contributed by atoms with van der Waals surface area (Å²) in [7, 11) is -3.43. The van der Waals surface area contributed by atoms with E-state index in [1.165, 1.54) is 4.31 Å². The first-order valence-corrected chi connectivity index (χ1v) is 8.07. The minimum absolute atomic E-state index is 0.322. The average molecular weight is 342 g/mol. The van der Waals surface area contributed by atoms with Crippen LogP contribution in [-0.4, -0.2) is 29.5 Å². The summed E-state index contributed by atoms with van der Waals surface area (Å²) in [5.41, 5.74) is 1.98. The van der Waals surface area contributed by atoms with E-state index < -0.39 is 10.0 Å². The van der Waals surface area contributed by atoms with E-state index in [-0.39, 0.29) is 0 Å². The Morgan fingerprint density at radius 2 is 2.00 bits per heavy atom. The van der Waals surface area contributed by atoms with Gasteiger partial charge in [-0.1, -0.05) is 15.9 Å². The second-order valence-electron chi connectivity index (χ2n) is 4.42. The highest BCUT2D eigenvalue weighted by molar-refractivity contribution is 9.10. The van der Waals surface area contributed by atoms with Gasteiger partial charge in [0.25, 0.3) is 0 Å². The Bertz CT molecular complexity index is 694. The molecule has 1 aromatic carbocycles. The van der Waals surface area contributed by atoms with Crippen molar-refractivity contribution in [3.8, 4) is 0 Å². The van der Waals surface area contributed by atoms with Gasteiger partial charge in [-0.25, -0.2) is 8.42 Å². The van der Waals surface area contributed by atoms with Gasteiger partial charge in [-0.3, -0.25) is 5.10 Å². The third-order valence-corrected chi connectivity index (χ3v) is 5.60. The van der Waals surface area contributed by atoms with Gasteiger partial charge < -0.3 is 0 Å². The monoisotopic (exact) mass is 341 g/mol. The molecule has 1 aliphatic rings. The van der Waals surface area contributed by atoms with E-state index in [4.69, 9.17) is 0 Å². The molecule has 0 atom stereocenters. The Kier molecular flexibility index (Phi) is 3.20. The van der Waals surface area contributed by atoms with Gasteiger partial charge in [-0.05, 0) is 24.3 Å². The van der Waals surface area contributed by atoms with E-state index in [1.54, 1.807) is 30.5 Å². The van der Waals surface area contributed by atoms with Gasteiger partial charge in [-0.15, -0.1) is 0 Å². The van der Waals surface area contributed by atoms with Crippen molar-refractivity contribution in [1.29, 1.82) is 0 Å². The Hall–Kier alpha value is -1.18. The number of hydrogen-bond acceptors (Lipinski definition) is 3. The van der Waals surface area contributed by atoms with E-state index in [9.17, 15) is 8.42 Å². The standard InChI is InChI=1S/C12H12BrN3O2S/c13-10-1-3-11(4-2-10)19(17,18)16-6-5-12-9(8-16)7-14-15-12/h1-4,7H,5-6,8H2,(H,14,15). The van der Waals surface area contributed by atoms with Gasteiger partial charge in [0.05, 0.1) is 11.1 Å². The molecule has 1 aromatic heterocycles. The van der Waals surface area contributed by atoms with E-state index in [2.05, 4.69) is 26.1 Å². The van der Waals surface area contributed by atoms with Gasteiger partial charge in [0.1, 0.15) is 0 Å². The summed E-state index contributed by atoms with van der Waals surface area (Å²) in [6.45, 7) is 0.859. The predicted octanol–water partition coefficient (Wildman–Crippen LogP) is 1.92. The van der Waals surface area contributed by atoms with Crippen molar-refractivity contribution in [3.63, 3.8) is 0 Å². The molecule has 0 spiro atoms. The highest BCUT2D eigenvalue weighted by Gasteiger charge is 2.28. The summed E-state index contributed by atoms with van der Waals surface area (Å²) in [5.74, 6) is 0. The quantitative estimate of drug-likeness (QED) is 0.907. The van der Waals surface area contributed by atoms with Crippen molar-refractivity contribution in [3.05, 3.63) is 46.2 Å². The van der Waals surface area contributed by atoms with Gasteiger partial charge in [0.2, 0.25) is 10.0 Å². The third-order valence-electron chi connectivity index (χ3n) is 3.22. The zero-order valence-electron chi connectivity index (χ0n) is 10.0. The molecule has 7 heteroatoms. The van der Waals surface area contributed by atoms with Crippen molar-refractivity contribution < 1.29 is 8.42 Å². The van der Waals surface area contributed by atoms with Crippen molar-refractivity contribution >= 4 is 26.0 Å². The summed E-state index contributed by atoms with van der Waals surface area (Å²) in [5, 5.41) is 6.85. The number of rotatable bonds is 2. The first kappa shape index (κ1) is 12.8. The first-order chi connectivity index (χ1) is 9.07. The lowest BCUT2D eigenvalue weighted by atomic mass is 10.1. The fraction of sp³-hybridized carbons (Fsp3) is 0.250. The van der Waals surface area contributed by atoms with Crippen LogP contribution in [0.5, 0.6) is 0 Å². The molecule has 1 aliphatic heterocycles. The third kappa shape index (κ3) is 2.33. The number of aromatic nitrogens is 2. The molecule has 0 amide bonds. The Balaban J connectivity index is 1.92. The van der Waals surface area contributed by atoms with Gasteiger partial charge in [-0.2, -0.15) is 9.40 Å². The molecule has 0 saturated carbocycles. The average Bonchev–Trinajstić information content (AvgIpc) is 2.86. The van der Waals surface area contributed by atoms with Crippen LogP contribution in [0.1, 0.15) is 11.3 Å². The van der Waals surface area contributed by atoms with E-state index in [1.807, 2.05) is 0 Å². The molecule has 0 aliphatic carbocycles. The van der Waals surface area contributed by atoms with Crippen LogP contribution in [-0.2, 0) is 23.0 Å². The number of H-pyrrole nitrogens is 1. The molecule has 100 valence electrons. The zero-order valence-corrected chi connectivity index (χ0v) is 12.4. The fourth-order valence-electron chi connectivity index (χ4n) is 2.16. The van der Waals surface area contributed by atoms with E-state index in [0.29, 0.717) is 24.4 Å². The molecule has 19 heavy (non-hydrogen) atoms. The van der Waals surface area contributed by atoms with Gasteiger partial charge in [0, 0.05) is 35.2 Å². The Labute approximate surface area is 119 Å². The maximum absolute atomic E-state index is 12.5. The van der Waals surface area contributed by atoms with Crippen LogP contribution in [0.3, 0.4) is 0 Å². The van der Waals surface area contributed by atoms with Gasteiger partial charge >= 0.3 is 0 Å². The molecular formula is C12H12BrN3O2S. The molecule has 0 bridgehead atoms. The van der Waals surface area contributed by atoms with Crippen LogP contribution >= 0.6 is 15.9 Å². The maximum atomic E-state index is 12.5. The summed E-state index contributed by atoms with van der Waals surface area (Å²) in [6.07, 6.45) is 2.36. The van der Waals surface area contributed by atoms with E-state index >= 15 is 0 Å².